The van der Waals surface area contributed by atoms with E-state index >= 15 is 0 Å². The van der Waals surface area contributed by atoms with E-state index in [0.717, 1.165) is 21.7 Å². The van der Waals surface area contributed by atoms with Crippen LogP contribution in [0.5, 0.6) is 0 Å². The van der Waals surface area contributed by atoms with Crippen molar-refractivity contribution < 1.29 is 13.2 Å². The number of para-hydroxylation sites is 1. The molecule has 0 saturated carbocycles. The Balaban J connectivity index is 1.77. The number of thiophene rings is 1. The molecule has 152 valence electrons. The molecule has 3 rings (SSSR count). The van der Waals surface area contributed by atoms with Gasteiger partial charge < -0.3 is 5.32 Å². The lowest BCUT2D eigenvalue weighted by atomic mass is 9.95. The summed E-state index contributed by atoms with van der Waals surface area (Å²) in [7, 11) is -3.54. The molecule has 1 aromatic carbocycles. The standard InChI is InChI=1S/C21H28N2O3S2/c1-14(2)18-9-5-7-15(3)20(18)22-21(24)17-8-6-12-23(13-17)28(25,26)19-11-10-16(4)27-19/h5,7,9-11,14,17H,6,8,12-13H2,1-4H3,(H,22,24)/t17-/m1/s1. The molecule has 1 amide bonds. The molecular weight excluding hydrogens is 392 g/mol. The van der Waals surface area contributed by atoms with Gasteiger partial charge in [-0.05, 0) is 55.9 Å². The van der Waals surface area contributed by atoms with Crippen LogP contribution in [0, 0.1) is 19.8 Å². The molecule has 1 aromatic heterocycles. The van der Waals surface area contributed by atoms with Gasteiger partial charge in [0.2, 0.25) is 5.91 Å². The molecule has 0 radical (unpaired) electrons. The number of rotatable bonds is 5. The average Bonchev–Trinajstić information content (AvgIpc) is 3.10. The van der Waals surface area contributed by atoms with E-state index in [1.165, 1.54) is 15.6 Å². The molecule has 1 aliphatic rings. The molecule has 5 nitrogen and oxygen atoms in total. The summed E-state index contributed by atoms with van der Waals surface area (Å²) < 4.78 is 27.7. The molecule has 0 spiro atoms. The number of nitrogens with zero attached hydrogens (tertiary/aromatic N) is 1. The Morgan fingerprint density at radius 1 is 1.21 bits per heavy atom. The van der Waals surface area contributed by atoms with Crippen LogP contribution in [0.1, 0.15) is 48.6 Å². The third kappa shape index (κ3) is 4.31. The highest BCUT2D eigenvalue weighted by molar-refractivity contribution is 7.91. The topological polar surface area (TPSA) is 66.5 Å². The first-order valence-electron chi connectivity index (χ1n) is 9.67. The Morgan fingerprint density at radius 3 is 2.61 bits per heavy atom. The van der Waals surface area contributed by atoms with Gasteiger partial charge >= 0.3 is 0 Å². The summed E-state index contributed by atoms with van der Waals surface area (Å²) in [6.45, 7) is 8.77. The summed E-state index contributed by atoms with van der Waals surface area (Å²) in [5, 5.41) is 3.09. The number of carbonyl (C=O) groups is 1. The minimum Gasteiger partial charge on any atom is -0.325 e. The Morgan fingerprint density at radius 2 is 1.96 bits per heavy atom. The van der Waals surface area contributed by atoms with Gasteiger partial charge in [-0.2, -0.15) is 4.31 Å². The zero-order chi connectivity index (χ0) is 20.5. The number of amides is 1. The summed E-state index contributed by atoms with van der Waals surface area (Å²) in [5.41, 5.74) is 2.98. The van der Waals surface area contributed by atoms with E-state index in [4.69, 9.17) is 0 Å². The first kappa shape index (κ1) is 21.0. The SMILES string of the molecule is Cc1ccc(S(=O)(=O)N2CCC[C@@H](C(=O)Nc3c(C)cccc3C(C)C)C2)s1. The van der Waals surface area contributed by atoms with Crippen molar-refractivity contribution in [3.63, 3.8) is 0 Å². The predicted octanol–water partition coefficient (Wildman–Crippen LogP) is 4.53. The Kier molecular flexibility index (Phi) is 6.27. The zero-order valence-corrected chi connectivity index (χ0v) is 18.5. The third-order valence-corrected chi connectivity index (χ3v) is 8.57. The number of carbonyl (C=O) groups excluding carboxylic acids is 1. The van der Waals surface area contributed by atoms with E-state index in [-0.39, 0.29) is 18.4 Å². The fourth-order valence-corrected chi connectivity index (χ4v) is 6.58. The van der Waals surface area contributed by atoms with Crippen LogP contribution < -0.4 is 5.32 Å². The molecule has 1 fully saturated rings. The summed E-state index contributed by atoms with van der Waals surface area (Å²) in [4.78, 5) is 13.9. The van der Waals surface area contributed by atoms with Gasteiger partial charge in [0.25, 0.3) is 10.0 Å². The quantitative estimate of drug-likeness (QED) is 0.773. The zero-order valence-electron chi connectivity index (χ0n) is 16.9. The molecule has 0 bridgehead atoms. The van der Waals surface area contributed by atoms with E-state index in [0.29, 0.717) is 29.5 Å². The van der Waals surface area contributed by atoms with E-state index in [9.17, 15) is 13.2 Å². The summed E-state index contributed by atoms with van der Waals surface area (Å²) in [6.07, 6.45) is 1.39. The fourth-order valence-electron chi connectivity index (χ4n) is 3.62. The van der Waals surface area contributed by atoms with Gasteiger partial charge in [-0.1, -0.05) is 32.0 Å². The van der Waals surface area contributed by atoms with Crippen LogP contribution in [0.4, 0.5) is 5.69 Å². The normalized spacial score (nSPS) is 18.4. The maximum Gasteiger partial charge on any atom is 0.252 e. The molecule has 0 aliphatic carbocycles. The van der Waals surface area contributed by atoms with Crippen LogP contribution in [0.2, 0.25) is 0 Å². The Bertz CT molecular complexity index is 964. The van der Waals surface area contributed by atoms with Crippen molar-refractivity contribution >= 4 is 33.0 Å². The van der Waals surface area contributed by atoms with Gasteiger partial charge in [0.15, 0.2) is 0 Å². The molecule has 2 aromatic rings. The number of nitrogens with one attached hydrogen (secondary N) is 1. The van der Waals surface area contributed by atoms with Gasteiger partial charge in [0, 0.05) is 23.7 Å². The fraction of sp³-hybridized carbons (Fsp3) is 0.476. The molecule has 1 atom stereocenters. The highest BCUT2D eigenvalue weighted by Gasteiger charge is 2.34. The third-order valence-electron chi connectivity index (χ3n) is 5.24. The summed E-state index contributed by atoms with van der Waals surface area (Å²) in [6, 6.07) is 9.49. The van der Waals surface area contributed by atoms with Crippen LogP contribution in [0.25, 0.3) is 0 Å². The monoisotopic (exact) mass is 420 g/mol. The van der Waals surface area contributed by atoms with Crippen molar-refractivity contribution in [3.8, 4) is 0 Å². The lowest BCUT2D eigenvalue weighted by molar-refractivity contribution is -0.120. The van der Waals surface area contributed by atoms with Crippen molar-refractivity contribution in [3.05, 3.63) is 46.3 Å². The van der Waals surface area contributed by atoms with Gasteiger partial charge in [0.1, 0.15) is 4.21 Å². The number of hydrogen-bond acceptors (Lipinski definition) is 4. The summed E-state index contributed by atoms with van der Waals surface area (Å²) in [5.74, 6) is -0.150. The van der Waals surface area contributed by atoms with Crippen molar-refractivity contribution in [2.75, 3.05) is 18.4 Å². The first-order chi connectivity index (χ1) is 13.2. The number of anilines is 1. The second-order valence-corrected chi connectivity index (χ2v) is 11.2. The number of piperidine rings is 1. The second-order valence-electron chi connectivity index (χ2n) is 7.75. The highest BCUT2D eigenvalue weighted by atomic mass is 32.2. The van der Waals surface area contributed by atoms with Crippen molar-refractivity contribution in [1.29, 1.82) is 0 Å². The van der Waals surface area contributed by atoms with Crippen molar-refractivity contribution in [2.24, 2.45) is 5.92 Å². The first-order valence-corrected chi connectivity index (χ1v) is 11.9. The Labute approximate surface area is 171 Å². The van der Waals surface area contributed by atoms with Crippen LogP contribution in [-0.2, 0) is 14.8 Å². The molecule has 28 heavy (non-hydrogen) atoms. The number of aryl methyl sites for hydroxylation is 2. The average molecular weight is 421 g/mol. The molecular formula is C21H28N2O3S2. The van der Waals surface area contributed by atoms with E-state index < -0.39 is 10.0 Å². The largest absolute Gasteiger partial charge is 0.325 e. The lowest BCUT2D eigenvalue weighted by Crippen LogP contribution is -2.43. The van der Waals surface area contributed by atoms with Crippen LogP contribution in [0.3, 0.4) is 0 Å². The van der Waals surface area contributed by atoms with Gasteiger partial charge in [-0.25, -0.2) is 8.42 Å². The van der Waals surface area contributed by atoms with Gasteiger partial charge in [-0.15, -0.1) is 11.3 Å². The van der Waals surface area contributed by atoms with Gasteiger partial charge in [0.05, 0.1) is 5.92 Å². The minimum atomic E-state index is -3.54. The predicted molar refractivity (Wildman–Crippen MR) is 114 cm³/mol. The highest BCUT2D eigenvalue weighted by Crippen LogP contribution is 2.31. The van der Waals surface area contributed by atoms with E-state index in [2.05, 4.69) is 19.2 Å². The Hall–Kier alpha value is -1.70. The second kappa shape index (κ2) is 8.35. The maximum atomic E-state index is 13.0. The smallest absolute Gasteiger partial charge is 0.252 e. The molecule has 1 N–H and O–H groups in total. The lowest BCUT2D eigenvalue weighted by Gasteiger charge is -2.31. The number of sulfonamides is 1. The van der Waals surface area contributed by atoms with Crippen molar-refractivity contribution in [2.45, 2.75) is 50.7 Å². The minimum absolute atomic E-state index is 0.0986. The van der Waals surface area contributed by atoms with E-state index in [1.807, 2.05) is 38.1 Å². The molecule has 7 heteroatoms. The van der Waals surface area contributed by atoms with Crippen LogP contribution >= 0.6 is 11.3 Å². The number of benzene rings is 1. The molecule has 1 aliphatic heterocycles. The molecule has 1 saturated heterocycles. The van der Waals surface area contributed by atoms with Crippen LogP contribution in [-0.4, -0.2) is 31.7 Å². The molecule has 0 unspecified atom stereocenters. The maximum absolute atomic E-state index is 13.0. The van der Waals surface area contributed by atoms with Crippen molar-refractivity contribution in [1.82, 2.24) is 4.31 Å². The summed E-state index contributed by atoms with van der Waals surface area (Å²) >= 11 is 1.28. The van der Waals surface area contributed by atoms with Crippen LogP contribution in [0.15, 0.2) is 34.5 Å². The van der Waals surface area contributed by atoms with Gasteiger partial charge in [-0.3, -0.25) is 4.79 Å². The van der Waals surface area contributed by atoms with E-state index in [1.54, 1.807) is 6.07 Å². The molecule has 2 heterocycles. The number of hydrogen-bond donors (Lipinski definition) is 1.